The second-order valence-electron chi connectivity index (χ2n) is 3.50. The number of hydrogen-bond donors (Lipinski definition) is 1. The molecular weight excluding hydrogens is 222 g/mol. The maximum Gasteiger partial charge on any atom is 0.324 e. The number of ketones is 1. The highest BCUT2D eigenvalue weighted by Gasteiger charge is 2.01. The second-order valence-corrected chi connectivity index (χ2v) is 3.50. The zero-order valence-corrected chi connectivity index (χ0v) is 9.62. The van der Waals surface area contributed by atoms with Gasteiger partial charge in [-0.15, -0.1) is 5.11 Å². The van der Waals surface area contributed by atoms with Gasteiger partial charge in [-0.05, 0) is 31.2 Å². The van der Waals surface area contributed by atoms with E-state index in [1.54, 1.807) is 24.3 Å². The summed E-state index contributed by atoms with van der Waals surface area (Å²) in [5.41, 5.74) is 1.16. The summed E-state index contributed by atoms with van der Waals surface area (Å²) >= 11 is 0. The van der Waals surface area contributed by atoms with E-state index in [4.69, 9.17) is 5.11 Å². The molecule has 17 heavy (non-hydrogen) atoms. The first-order chi connectivity index (χ1) is 7.99. The van der Waals surface area contributed by atoms with E-state index < -0.39 is 5.97 Å². The Bertz CT molecular complexity index is 440. The zero-order chi connectivity index (χ0) is 12.8. The molecule has 0 atom stereocenters. The van der Waals surface area contributed by atoms with Crippen LogP contribution in [0, 0.1) is 0 Å². The van der Waals surface area contributed by atoms with Crippen LogP contribution in [0.3, 0.4) is 0 Å². The Hall–Kier alpha value is -2.24. The van der Waals surface area contributed by atoms with Gasteiger partial charge in [0.15, 0.2) is 5.78 Å². The molecule has 0 unspecified atom stereocenters. The van der Waals surface area contributed by atoms with E-state index in [0.717, 1.165) is 0 Å². The summed E-state index contributed by atoms with van der Waals surface area (Å²) in [5.74, 6) is -0.991. The van der Waals surface area contributed by atoms with Gasteiger partial charge in [0, 0.05) is 12.6 Å². The number of carbonyl (C=O) groups excluding carboxylic acids is 1. The van der Waals surface area contributed by atoms with E-state index in [-0.39, 0.29) is 12.3 Å². The Morgan fingerprint density at radius 3 is 2.35 bits per heavy atom. The number of nitrogens with zero attached hydrogens (tertiary/aromatic N) is 3. The fourth-order valence-electron chi connectivity index (χ4n) is 1.12. The minimum absolute atomic E-state index is 0.0171. The highest BCUT2D eigenvalue weighted by Crippen LogP contribution is 2.14. The number of carboxylic acids is 1. The van der Waals surface area contributed by atoms with E-state index in [0.29, 0.717) is 11.3 Å². The van der Waals surface area contributed by atoms with E-state index in [1.165, 1.54) is 19.0 Å². The van der Waals surface area contributed by atoms with Gasteiger partial charge in [0.05, 0.1) is 5.69 Å². The van der Waals surface area contributed by atoms with Gasteiger partial charge in [-0.2, -0.15) is 0 Å². The van der Waals surface area contributed by atoms with Crippen LogP contribution in [0.5, 0.6) is 0 Å². The molecule has 0 fully saturated rings. The summed E-state index contributed by atoms with van der Waals surface area (Å²) in [6.07, 6.45) is 0. The van der Waals surface area contributed by atoms with Crippen LogP contribution in [-0.4, -0.2) is 35.5 Å². The molecule has 6 nitrogen and oxygen atoms in total. The number of likely N-dealkylation sites (N-methyl/N-ethyl adjacent to an activating group) is 1. The molecule has 1 aromatic rings. The van der Waals surface area contributed by atoms with Gasteiger partial charge in [0.2, 0.25) is 0 Å². The number of Topliss-reactive ketones (excluding diaryl/α,β-unsaturated/α-hetero) is 1. The lowest BCUT2D eigenvalue weighted by atomic mass is 10.1. The maximum absolute atomic E-state index is 11.0. The van der Waals surface area contributed by atoms with Crippen LogP contribution in [0.1, 0.15) is 17.3 Å². The topological polar surface area (TPSA) is 82.3 Å². The van der Waals surface area contributed by atoms with Crippen LogP contribution in [0.2, 0.25) is 0 Å². The number of benzene rings is 1. The number of hydrogen-bond acceptors (Lipinski definition) is 4. The van der Waals surface area contributed by atoms with Crippen molar-refractivity contribution >= 4 is 17.4 Å². The lowest BCUT2D eigenvalue weighted by molar-refractivity contribution is -0.138. The Morgan fingerprint density at radius 1 is 1.29 bits per heavy atom. The third kappa shape index (κ3) is 4.42. The van der Waals surface area contributed by atoms with Crippen molar-refractivity contribution in [1.29, 1.82) is 0 Å². The molecule has 1 aromatic carbocycles. The molecule has 0 spiro atoms. The Balaban J connectivity index is 2.65. The summed E-state index contributed by atoms with van der Waals surface area (Å²) in [4.78, 5) is 21.4. The molecule has 1 N–H and O–H groups in total. The summed E-state index contributed by atoms with van der Waals surface area (Å²) in [7, 11) is 1.52. The SMILES string of the molecule is CC(=O)c1ccc(N=NN(C)CC(=O)O)cc1. The third-order valence-corrected chi connectivity index (χ3v) is 1.95. The van der Waals surface area contributed by atoms with Gasteiger partial charge in [-0.25, -0.2) is 0 Å². The fraction of sp³-hybridized carbons (Fsp3) is 0.273. The van der Waals surface area contributed by atoms with Crippen molar-refractivity contribution in [2.75, 3.05) is 13.6 Å². The van der Waals surface area contributed by atoms with Crippen molar-refractivity contribution in [2.24, 2.45) is 10.3 Å². The molecule has 0 bridgehead atoms. The summed E-state index contributed by atoms with van der Waals surface area (Å²) in [6, 6.07) is 6.59. The Morgan fingerprint density at radius 2 is 1.88 bits per heavy atom. The first-order valence-electron chi connectivity index (χ1n) is 4.94. The normalized spacial score (nSPS) is 10.5. The largest absolute Gasteiger partial charge is 0.480 e. The van der Waals surface area contributed by atoms with Gasteiger partial charge in [-0.1, -0.05) is 5.22 Å². The second kappa shape index (κ2) is 5.74. The van der Waals surface area contributed by atoms with Gasteiger partial charge in [-0.3, -0.25) is 14.6 Å². The molecule has 0 saturated carbocycles. The van der Waals surface area contributed by atoms with E-state index in [9.17, 15) is 9.59 Å². The van der Waals surface area contributed by atoms with Gasteiger partial charge < -0.3 is 5.11 Å². The van der Waals surface area contributed by atoms with Crippen LogP contribution < -0.4 is 0 Å². The number of carboxylic acid groups (broad SMARTS) is 1. The molecule has 0 aliphatic rings. The molecule has 0 aromatic heterocycles. The molecule has 6 heteroatoms. The first kappa shape index (κ1) is 12.8. The van der Waals surface area contributed by atoms with Gasteiger partial charge >= 0.3 is 5.97 Å². The van der Waals surface area contributed by atoms with Crippen LogP contribution in [-0.2, 0) is 4.79 Å². The number of rotatable bonds is 5. The van der Waals surface area contributed by atoms with Crippen LogP contribution in [0.4, 0.5) is 5.69 Å². The lowest BCUT2D eigenvalue weighted by Crippen LogP contribution is -2.19. The third-order valence-electron chi connectivity index (χ3n) is 1.95. The van der Waals surface area contributed by atoms with Crippen molar-refractivity contribution in [3.05, 3.63) is 29.8 Å². The number of aliphatic carboxylic acids is 1. The van der Waals surface area contributed by atoms with Crippen LogP contribution in [0.25, 0.3) is 0 Å². The van der Waals surface area contributed by atoms with Crippen molar-refractivity contribution in [3.8, 4) is 0 Å². The average molecular weight is 235 g/mol. The summed E-state index contributed by atoms with van der Waals surface area (Å²) in [6.45, 7) is 1.27. The predicted octanol–water partition coefficient (Wildman–Crippen LogP) is 1.90. The molecule has 0 aliphatic carbocycles. The van der Waals surface area contributed by atoms with Crippen molar-refractivity contribution < 1.29 is 14.7 Å². The fourth-order valence-corrected chi connectivity index (χ4v) is 1.12. The van der Waals surface area contributed by atoms with Crippen LogP contribution in [0.15, 0.2) is 34.6 Å². The average Bonchev–Trinajstić information content (AvgIpc) is 2.26. The molecular formula is C11H13N3O3. The minimum Gasteiger partial charge on any atom is -0.480 e. The molecule has 0 amide bonds. The van der Waals surface area contributed by atoms with Crippen molar-refractivity contribution in [3.63, 3.8) is 0 Å². The Labute approximate surface area is 98.6 Å². The van der Waals surface area contributed by atoms with E-state index in [1.807, 2.05) is 0 Å². The smallest absolute Gasteiger partial charge is 0.324 e. The zero-order valence-electron chi connectivity index (χ0n) is 9.62. The van der Waals surface area contributed by atoms with Gasteiger partial charge in [0.25, 0.3) is 0 Å². The van der Waals surface area contributed by atoms with Gasteiger partial charge in [0.1, 0.15) is 6.54 Å². The van der Waals surface area contributed by atoms with E-state index in [2.05, 4.69) is 10.3 Å². The highest BCUT2D eigenvalue weighted by atomic mass is 16.4. The minimum atomic E-state index is -0.974. The first-order valence-corrected chi connectivity index (χ1v) is 4.94. The van der Waals surface area contributed by atoms with Crippen molar-refractivity contribution in [1.82, 2.24) is 5.01 Å². The monoisotopic (exact) mass is 235 g/mol. The molecule has 0 aliphatic heterocycles. The quantitative estimate of drug-likeness (QED) is 0.480. The maximum atomic E-state index is 11.0. The summed E-state index contributed by atoms with van der Waals surface area (Å²) < 4.78 is 0. The molecule has 0 heterocycles. The molecule has 0 radical (unpaired) electrons. The summed E-state index contributed by atoms with van der Waals surface area (Å²) in [5, 5.41) is 17.2. The number of carbonyl (C=O) groups is 2. The Kier molecular flexibility index (Phi) is 4.33. The predicted molar refractivity (Wildman–Crippen MR) is 61.2 cm³/mol. The molecule has 1 rings (SSSR count). The van der Waals surface area contributed by atoms with E-state index >= 15 is 0 Å². The highest BCUT2D eigenvalue weighted by molar-refractivity contribution is 5.94. The standard InChI is InChI=1S/C11H13N3O3/c1-8(15)9-3-5-10(6-4-9)12-13-14(2)7-11(16)17/h3-6H,7H2,1-2H3,(H,16,17). The van der Waals surface area contributed by atoms with Crippen LogP contribution >= 0.6 is 0 Å². The lowest BCUT2D eigenvalue weighted by Gasteiger charge is -2.06. The molecule has 0 saturated heterocycles. The molecule has 90 valence electrons. The van der Waals surface area contributed by atoms with Crippen molar-refractivity contribution in [2.45, 2.75) is 6.92 Å².